The summed E-state index contributed by atoms with van der Waals surface area (Å²) < 4.78 is 0. The minimum Gasteiger partial charge on any atom is -0.396 e. The number of likely N-dealkylation sites (tertiary alicyclic amines) is 1. The first-order chi connectivity index (χ1) is 8.61. The van der Waals surface area contributed by atoms with Crippen molar-refractivity contribution < 1.29 is 9.90 Å². The number of aliphatic hydroxyl groups is 1. The lowest BCUT2D eigenvalue weighted by atomic mass is 10.1. The minimum absolute atomic E-state index is 0.0245. The predicted molar refractivity (Wildman–Crippen MR) is 69.7 cm³/mol. The Bertz CT molecular complexity index is 434. The molecule has 1 unspecified atom stereocenters. The number of hydrogen-bond donors (Lipinski definition) is 1. The number of carbonyl (C=O) groups excluding carboxylic acids is 1. The third kappa shape index (κ3) is 2.61. The first kappa shape index (κ1) is 12.8. The molecule has 0 aromatic carbocycles. The Morgan fingerprint density at radius 1 is 1.61 bits per heavy atom. The summed E-state index contributed by atoms with van der Waals surface area (Å²) in [7, 11) is 3.79. The van der Waals surface area contributed by atoms with Gasteiger partial charge < -0.3 is 14.9 Å². The Morgan fingerprint density at radius 3 is 3.00 bits per heavy atom. The van der Waals surface area contributed by atoms with Crippen LogP contribution in [-0.2, 0) is 0 Å². The summed E-state index contributed by atoms with van der Waals surface area (Å²) in [4.78, 5) is 20.1. The van der Waals surface area contributed by atoms with E-state index in [1.807, 2.05) is 19.0 Å². The van der Waals surface area contributed by atoms with Crippen molar-refractivity contribution in [3.63, 3.8) is 0 Å². The number of anilines is 1. The average Bonchev–Trinajstić information content (AvgIpc) is 2.86. The van der Waals surface area contributed by atoms with Gasteiger partial charge in [-0.05, 0) is 18.6 Å². The molecule has 2 rings (SSSR count). The van der Waals surface area contributed by atoms with Gasteiger partial charge in [0, 0.05) is 51.5 Å². The van der Waals surface area contributed by atoms with Crippen LogP contribution in [0, 0.1) is 5.92 Å². The van der Waals surface area contributed by atoms with Crippen LogP contribution in [0.5, 0.6) is 0 Å². The number of carbonyl (C=O) groups is 1. The average molecular weight is 249 g/mol. The molecular formula is C13H19N3O2. The Kier molecular flexibility index (Phi) is 3.81. The van der Waals surface area contributed by atoms with E-state index in [1.165, 1.54) is 0 Å². The molecule has 0 saturated carbocycles. The second kappa shape index (κ2) is 5.35. The fourth-order valence-electron chi connectivity index (χ4n) is 2.14. The van der Waals surface area contributed by atoms with Crippen molar-refractivity contribution >= 4 is 11.7 Å². The molecule has 2 heterocycles. The maximum absolute atomic E-state index is 12.3. The van der Waals surface area contributed by atoms with Crippen LogP contribution in [0.25, 0.3) is 0 Å². The highest BCUT2D eigenvalue weighted by Crippen LogP contribution is 2.19. The second-order valence-electron chi connectivity index (χ2n) is 4.89. The quantitative estimate of drug-likeness (QED) is 0.852. The summed E-state index contributed by atoms with van der Waals surface area (Å²) in [6.45, 7) is 1.53. The lowest BCUT2D eigenvalue weighted by molar-refractivity contribution is 0.0782. The molecule has 1 aromatic rings. The largest absolute Gasteiger partial charge is 0.396 e. The summed E-state index contributed by atoms with van der Waals surface area (Å²) in [5, 5.41) is 9.10. The summed E-state index contributed by atoms with van der Waals surface area (Å²) >= 11 is 0. The van der Waals surface area contributed by atoms with Crippen LogP contribution in [0.15, 0.2) is 18.3 Å². The molecule has 1 amide bonds. The standard InChI is InChI=1S/C13H19N3O2/c1-15(2)12-7-11(3-5-14-12)13(18)16-6-4-10(8-16)9-17/h3,5,7,10,17H,4,6,8-9H2,1-2H3. The second-order valence-corrected chi connectivity index (χ2v) is 4.89. The monoisotopic (exact) mass is 249 g/mol. The Labute approximate surface area is 107 Å². The van der Waals surface area contributed by atoms with Crippen LogP contribution in [0.2, 0.25) is 0 Å². The van der Waals surface area contributed by atoms with Gasteiger partial charge in [0.2, 0.25) is 0 Å². The molecule has 1 atom stereocenters. The van der Waals surface area contributed by atoms with Gasteiger partial charge in [0.05, 0.1) is 0 Å². The van der Waals surface area contributed by atoms with Gasteiger partial charge >= 0.3 is 0 Å². The van der Waals surface area contributed by atoms with E-state index in [9.17, 15) is 4.79 Å². The number of rotatable bonds is 3. The summed E-state index contributed by atoms with van der Waals surface area (Å²) in [5.41, 5.74) is 0.660. The van der Waals surface area contributed by atoms with Crippen LogP contribution in [0.4, 0.5) is 5.82 Å². The molecule has 1 saturated heterocycles. The van der Waals surface area contributed by atoms with Gasteiger partial charge in [-0.2, -0.15) is 0 Å². The molecule has 5 heteroatoms. The van der Waals surface area contributed by atoms with E-state index in [2.05, 4.69) is 4.98 Å². The van der Waals surface area contributed by atoms with Crippen molar-refractivity contribution in [1.29, 1.82) is 0 Å². The van der Waals surface area contributed by atoms with Gasteiger partial charge in [0.15, 0.2) is 0 Å². The van der Waals surface area contributed by atoms with Crippen molar-refractivity contribution in [2.24, 2.45) is 5.92 Å². The van der Waals surface area contributed by atoms with Crippen LogP contribution in [0.1, 0.15) is 16.8 Å². The van der Waals surface area contributed by atoms with Gasteiger partial charge in [0.25, 0.3) is 5.91 Å². The lowest BCUT2D eigenvalue weighted by Gasteiger charge is -2.17. The van der Waals surface area contributed by atoms with E-state index in [4.69, 9.17) is 5.11 Å². The number of aromatic nitrogens is 1. The number of nitrogens with zero attached hydrogens (tertiary/aromatic N) is 3. The third-order valence-corrected chi connectivity index (χ3v) is 3.28. The highest BCUT2D eigenvalue weighted by atomic mass is 16.3. The van der Waals surface area contributed by atoms with E-state index >= 15 is 0 Å². The van der Waals surface area contributed by atoms with Crippen molar-refractivity contribution in [3.05, 3.63) is 23.9 Å². The Morgan fingerprint density at radius 2 is 2.39 bits per heavy atom. The zero-order chi connectivity index (χ0) is 13.1. The van der Waals surface area contributed by atoms with Crippen LogP contribution < -0.4 is 4.90 Å². The number of aliphatic hydroxyl groups excluding tert-OH is 1. The summed E-state index contributed by atoms with van der Waals surface area (Å²) in [5.74, 6) is 1.03. The third-order valence-electron chi connectivity index (χ3n) is 3.28. The number of pyridine rings is 1. The number of amides is 1. The van der Waals surface area contributed by atoms with Crippen molar-refractivity contribution in [2.45, 2.75) is 6.42 Å². The fraction of sp³-hybridized carbons (Fsp3) is 0.538. The maximum atomic E-state index is 12.3. The Hall–Kier alpha value is -1.62. The molecule has 1 N–H and O–H groups in total. The van der Waals surface area contributed by atoms with Crippen molar-refractivity contribution in [1.82, 2.24) is 9.88 Å². The molecule has 5 nitrogen and oxygen atoms in total. The van der Waals surface area contributed by atoms with E-state index < -0.39 is 0 Å². The molecule has 0 spiro atoms. The van der Waals surface area contributed by atoms with Crippen LogP contribution >= 0.6 is 0 Å². The van der Waals surface area contributed by atoms with Crippen LogP contribution in [-0.4, -0.2) is 54.7 Å². The molecular weight excluding hydrogens is 230 g/mol. The zero-order valence-corrected chi connectivity index (χ0v) is 10.8. The molecule has 1 aliphatic heterocycles. The number of hydrogen-bond acceptors (Lipinski definition) is 4. The molecule has 0 bridgehead atoms. The SMILES string of the molecule is CN(C)c1cc(C(=O)N2CCC(CO)C2)ccn1. The van der Waals surface area contributed by atoms with Gasteiger partial charge in [-0.3, -0.25) is 4.79 Å². The normalized spacial score (nSPS) is 19.1. The first-order valence-electron chi connectivity index (χ1n) is 6.15. The molecule has 98 valence electrons. The maximum Gasteiger partial charge on any atom is 0.254 e. The first-order valence-corrected chi connectivity index (χ1v) is 6.15. The molecule has 1 aliphatic rings. The molecule has 0 aliphatic carbocycles. The predicted octanol–water partition coefficient (Wildman–Crippen LogP) is 0.602. The summed E-state index contributed by atoms with van der Waals surface area (Å²) in [6, 6.07) is 3.54. The van der Waals surface area contributed by atoms with Crippen LogP contribution in [0.3, 0.4) is 0 Å². The van der Waals surface area contributed by atoms with Gasteiger partial charge in [-0.25, -0.2) is 4.98 Å². The highest BCUT2D eigenvalue weighted by molar-refractivity contribution is 5.95. The van der Waals surface area contributed by atoms with Crippen molar-refractivity contribution in [3.8, 4) is 0 Å². The zero-order valence-electron chi connectivity index (χ0n) is 10.8. The van der Waals surface area contributed by atoms with E-state index in [-0.39, 0.29) is 18.4 Å². The van der Waals surface area contributed by atoms with E-state index in [0.29, 0.717) is 12.1 Å². The fourth-order valence-corrected chi connectivity index (χ4v) is 2.14. The van der Waals surface area contributed by atoms with Gasteiger partial charge in [0.1, 0.15) is 5.82 Å². The Balaban J connectivity index is 2.12. The molecule has 1 aromatic heterocycles. The van der Waals surface area contributed by atoms with Crippen molar-refractivity contribution in [2.75, 3.05) is 38.7 Å². The highest BCUT2D eigenvalue weighted by Gasteiger charge is 2.26. The molecule has 18 heavy (non-hydrogen) atoms. The van der Waals surface area contributed by atoms with E-state index in [1.54, 1.807) is 23.2 Å². The topological polar surface area (TPSA) is 56.7 Å². The van der Waals surface area contributed by atoms with E-state index in [0.717, 1.165) is 18.8 Å². The lowest BCUT2D eigenvalue weighted by Crippen LogP contribution is -2.29. The molecule has 0 radical (unpaired) electrons. The summed E-state index contributed by atoms with van der Waals surface area (Å²) in [6.07, 6.45) is 2.54. The minimum atomic E-state index is 0.0245. The van der Waals surface area contributed by atoms with Gasteiger partial charge in [-0.1, -0.05) is 0 Å². The smallest absolute Gasteiger partial charge is 0.254 e. The van der Waals surface area contributed by atoms with Gasteiger partial charge in [-0.15, -0.1) is 0 Å². The molecule has 1 fully saturated rings.